The molecule has 94 valence electrons. The van der Waals surface area contributed by atoms with Crippen LogP contribution in [0.3, 0.4) is 0 Å². The van der Waals surface area contributed by atoms with Crippen LogP contribution in [-0.4, -0.2) is 30.4 Å². The molecule has 0 bridgehead atoms. The molecule has 0 spiro atoms. The lowest BCUT2D eigenvalue weighted by Crippen LogP contribution is -2.48. The molecule has 1 fully saturated rings. The van der Waals surface area contributed by atoms with Crippen LogP contribution < -0.4 is 4.90 Å². The van der Waals surface area contributed by atoms with Gasteiger partial charge >= 0.3 is 0 Å². The van der Waals surface area contributed by atoms with E-state index in [4.69, 9.17) is 16.3 Å². The molecule has 1 heterocycles. The highest BCUT2D eigenvalue weighted by molar-refractivity contribution is 6.30. The average Bonchev–Trinajstić information content (AvgIpc) is 2.27. The van der Waals surface area contributed by atoms with Crippen LogP contribution in [0.15, 0.2) is 18.2 Å². The Kier molecular flexibility index (Phi) is 3.61. The van der Waals surface area contributed by atoms with Crippen LogP contribution in [-0.2, 0) is 11.3 Å². The van der Waals surface area contributed by atoms with E-state index in [-0.39, 0.29) is 12.2 Å². The normalized spacial score (nSPS) is 19.4. The molecule has 4 heteroatoms. The maximum Gasteiger partial charge on any atom is 0.0801 e. The van der Waals surface area contributed by atoms with Crippen LogP contribution >= 0.6 is 11.6 Å². The quantitative estimate of drug-likeness (QED) is 0.881. The van der Waals surface area contributed by atoms with E-state index in [2.05, 4.69) is 18.7 Å². The van der Waals surface area contributed by atoms with Crippen LogP contribution in [0.5, 0.6) is 0 Å². The van der Waals surface area contributed by atoms with Gasteiger partial charge in [-0.25, -0.2) is 0 Å². The van der Waals surface area contributed by atoms with Crippen molar-refractivity contribution in [3.8, 4) is 0 Å². The van der Waals surface area contributed by atoms with E-state index in [9.17, 15) is 5.11 Å². The van der Waals surface area contributed by atoms with Crippen molar-refractivity contribution in [2.45, 2.75) is 26.1 Å². The summed E-state index contributed by atoms with van der Waals surface area (Å²) in [5.41, 5.74) is 1.77. The lowest BCUT2D eigenvalue weighted by atomic mass is 10.1. The van der Waals surface area contributed by atoms with Crippen molar-refractivity contribution in [1.82, 2.24) is 0 Å². The van der Waals surface area contributed by atoms with Crippen LogP contribution in [0, 0.1) is 0 Å². The van der Waals surface area contributed by atoms with Gasteiger partial charge in [-0.3, -0.25) is 0 Å². The number of rotatable bonds is 2. The largest absolute Gasteiger partial charge is 0.392 e. The summed E-state index contributed by atoms with van der Waals surface area (Å²) in [6.45, 7) is 6.54. The van der Waals surface area contributed by atoms with Crippen molar-refractivity contribution in [3.63, 3.8) is 0 Å². The predicted octanol–water partition coefficient (Wildman–Crippen LogP) is 2.45. The van der Waals surface area contributed by atoms with Gasteiger partial charge in [-0.1, -0.05) is 11.6 Å². The second kappa shape index (κ2) is 4.84. The molecule has 1 aromatic carbocycles. The summed E-state index contributed by atoms with van der Waals surface area (Å²) in [4.78, 5) is 2.24. The lowest BCUT2D eigenvalue weighted by Gasteiger charge is -2.40. The first-order valence-electron chi connectivity index (χ1n) is 5.80. The zero-order valence-electron chi connectivity index (χ0n) is 10.2. The average molecular weight is 256 g/mol. The molecular weight excluding hydrogens is 238 g/mol. The van der Waals surface area contributed by atoms with E-state index in [1.54, 1.807) is 0 Å². The van der Waals surface area contributed by atoms with E-state index in [1.165, 1.54) is 0 Å². The molecule has 1 aliphatic rings. The minimum absolute atomic E-state index is 0.00762. The third-order valence-corrected chi connectivity index (χ3v) is 3.21. The van der Waals surface area contributed by atoms with Gasteiger partial charge in [-0.15, -0.1) is 0 Å². The van der Waals surface area contributed by atoms with Gasteiger partial charge in [0.1, 0.15) is 0 Å². The van der Waals surface area contributed by atoms with Crippen molar-refractivity contribution >= 4 is 17.3 Å². The minimum Gasteiger partial charge on any atom is -0.392 e. The molecule has 17 heavy (non-hydrogen) atoms. The Morgan fingerprint density at radius 3 is 2.88 bits per heavy atom. The monoisotopic (exact) mass is 255 g/mol. The molecule has 0 saturated carbocycles. The van der Waals surface area contributed by atoms with Gasteiger partial charge in [-0.05, 0) is 32.0 Å². The van der Waals surface area contributed by atoms with E-state index in [0.717, 1.165) is 24.3 Å². The van der Waals surface area contributed by atoms with E-state index in [0.29, 0.717) is 11.6 Å². The summed E-state index contributed by atoms with van der Waals surface area (Å²) in [5.74, 6) is 0. The van der Waals surface area contributed by atoms with Gasteiger partial charge in [0.05, 0.1) is 18.8 Å². The third kappa shape index (κ3) is 2.92. The zero-order chi connectivity index (χ0) is 12.5. The van der Waals surface area contributed by atoms with Crippen molar-refractivity contribution in [2.24, 2.45) is 0 Å². The molecule has 0 radical (unpaired) electrons. The first-order chi connectivity index (χ1) is 8.02. The van der Waals surface area contributed by atoms with E-state index >= 15 is 0 Å². The summed E-state index contributed by atoms with van der Waals surface area (Å²) in [7, 11) is 0. The fraction of sp³-hybridized carbons (Fsp3) is 0.538. The Hall–Kier alpha value is -0.770. The predicted molar refractivity (Wildman–Crippen MR) is 69.6 cm³/mol. The van der Waals surface area contributed by atoms with Gasteiger partial charge in [0, 0.05) is 29.4 Å². The minimum atomic E-state index is -0.148. The number of nitrogens with zero attached hydrogens (tertiary/aromatic N) is 1. The summed E-state index contributed by atoms with van der Waals surface area (Å²) in [6, 6.07) is 5.65. The summed E-state index contributed by atoms with van der Waals surface area (Å²) in [5, 5.41) is 10.0. The maximum atomic E-state index is 9.39. The summed E-state index contributed by atoms with van der Waals surface area (Å²) >= 11 is 5.94. The molecule has 0 aliphatic carbocycles. The molecule has 1 N–H and O–H groups in total. The number of aliphatic hydroxyl groups is 1. The second-order valence-corrected chi connectivity index (χ2v) is 5.40. The molecule has 0 unspecified atom stereocenters. The smallest absolute Gasteiger partial charge is 0.0801 e. The van der Waals surface area contributed by atoms with Crippen molar-refractivity contribution in [1.29, 1.82) is 0 Å². The number of aliphatic hydroxyl groups excluding tert-OH is 1. The van der Waals surface area contributed by atoms with Crippen LogP contribution in [0.2, 0.25) is 5.02 Å². The summed E-state index contributed by atoms with van der Waals surface area (Å²) in [6.07, 6.45) is 0. The van der Waals surface area contributed by atoms with Crippen molar-refractivity contribution in [2.75, 3.05) is 24.6 Å². The molecule has 0 aromatic heterocycles. The van der Waals surface area contributed by atoms with E-state index in [1.807, 2.05) is 18.2 Å². The topological polar surface area (TPSA) is 32.7 Å². The molecule has 1 saturated heterocycles. The third-order valence-electron chi connectivity index (χ3n) is 2.98. The Labute approximate surface area is 107 Å². The highest BCUT2D eigenvalue weighted by Crippen LogP contribution is 2.28. The van der Waals surface area contributed by atoms with Gasteiger partial charge < -0.3 is 14.7 Å². The number of ether oxygens (including phenoxy) is 1. The van der Waals surface area contributed by atoms with Crippen LogP contribution in [0.4, 0.5) is 5.69 Å². The Bertz CT molecular complexity index is 406. The Morgan fingerprint density at radius 1 is 1.47 bits per heavy atom. The fourth-order valence-corrected chi connectivity index (χ4v) is 2.41. The number of benzene rings is 1. The fourth-order valence-electron chi connectivity index (χ4n) is 2.21. The molecular formula is C13H18ClNO2. The van der Waals surface area contributed by atoms with Crippen LogP contribution in [0.25, 0.3) is 0 Å². The highest BCUT2D eigenvalue weighted by atomic mass is 35.5. The van der Waals surface area contributed by atoms with Crippen molar-refractivity contribution < 1.29 is 9.84 Å². The first-order valence-corrected chi connectivity index (χ1v) is 6.18. The molecule has 3 nitrogen and oxygen atoms in total. The molecule has 0 amide bonds. The van der Waals surface area contributed by atoms with Gasteiger partial charge in [-0.2, -0.15) is 0 Å². The molecule has 1 aliphatic heterocycles. The molecule has 2 rings (SSSR count). The standard InChI is InChI=1S/C13H18ClNO2/c1-13(2)9-15(5-6-17-13)12-4-3-11(14)7-10(12)8-16/h3-4,7,16H,5-6,8-9H2,1-2H3. The number of hydrogen-bond acceptors (Lipinski definition) is 3. The zero-order valence-corrected chi connectivity index (χ0v) is 11.0. The number of hydrogen-bond donors (Lipinski definition) is 1. The van der Waals surface area contributed by atoms with Crippen LogP contribution in [0.1, 0.15) is 19.4 Å². The van der Waals surface area contributed by atoms with Gasteiger partial charge in [0.25, 0.3) is 0 Å². The van der Waals surface area contributed by atoms with E-state index < -0.39 is 0 Å². The number of anilines is 1. The molecule has 1 aromatic rings. The summed E-state index contributed by atoms with van der Waals surface area (Å²) < 4.78 is 5.68. The Balaban J connectivity index is 2.27. The van der Waals surface area contributed by atoms with Gasteiger partial charge in [0.2, 0.25) is 0 Å². The first kappa shape index (κ1) is 12.7. The van der Waals surface area contributed by atoms with Crippen molar-refractivity contribution in [3.05, 3.63) is 28.8 Å². The van der Waals surface area contributed by atoms with Gasteiger partial charge in [0.15, 0.2) is 0 Å². The highest BCUT2D eigenvalue weighted by Gasteiger charge is 2.28. The maximum absolute atomic E-state index is 9.39. The number of halogens is 1. The SMILES string of the molecule is CC1(C)CN(c2ccc(Cl)cc2CO)CCO1. The Morgan fingerprint density at radius 2 is 2.24 bits per heavy atom. The molecule has 0 atom stereocenters. The number of morpholine rings is 1. The lowest BCUT2D eigenvalue weighted by molar-refractivity contribution is -0.0277. The second-order valence-electron chi connectivity index (χ2n) is 4.96.